The van der Waals surface area contributed by atoms with Crippen LogP contribution in [0.3, 0.4) is 0 Å². The zero-order valence-electron chi connectivity index (χ0n) is 19.6. The fourth-order valence-electron chi connectivity index (χ4n) is 4.69. The molecule has 6 heteroatoms. The average molecular weight is 479 g/mol. The third-order valence-corrected chi connectivity index (χ3v) is 7.78. The standard InChI is InChI=1S/C29H26N4OS/c1-2-20-12-13-25-27(18-20)35-29(31-25)33-16-14-32(15-17-33)28(34)23-19-26(21-8-4-3-5-9-21)30-24-11-7-6-10-22(23)24/h3-13,18-19H,2,14-17H2,1H3. The van der Waals surface area contributed by atoms with Crippen LogP contribution in [0.5, 0.6) is 0 Å². The van der Waals surface area contributed by atoms with Gasteiger partial charge in [-0.1, -0.05) is 72.9 Å². The topological polar surface area (TPSA) is 49.3 Å². The molecule has 174 valence electrons. The average Bonchev–Trinajstić information content (AvgIpc) is 3.36. The summed E-state index contributed by atoms with van der Waals surface area (Å²) < 4.78 is 1.23. The van der Waals surface area contributed by atoms with E-state index in [1.165, 1.54) is 10.3 Å². The number of anilines is 1. The lowest BCUT2D eigenvalue weighted by atomic mass is 10.0. The van der Waals surface area contributed by atoms with E-state index in [-0.39, 0.29) is 5.91 Å². The van der Waals surface area contributed by atoms with Crippen LogP contribution in [0.15, 0.2) is 78.9 Å². The molecule has 5 aromatic rings. The van der Waals surface area contributed by atoms with Crippen molar-refractivity contribution in [3.8, 4) is 11.3 Å². The minimum atomic E-state index is 0.0670. The van der Waals surface area contributed by atoms with E-state index in [0.717, 1.165) is 57.9 Å². The van der Waals surface area contributed by atoms with Gasteiger partial charge in [0, 0.05) is 37.1 Å². The number of rotatable bonds is 4. The number of benzene rings is 3. The van der Waals surface area contributed by atoms with E-state index in [2.05, 4.69) is 30.0 Å². The second kappa shape index (κ2) is 9.12. The Morgan fingerprint density at radius 1 is 0.857 bits per heavy atom. The highest BCUT2D eigenvalue weighted by atomic mass is 32.1. The fraction of sp³-hybridized carbons (Fsp3) is 0.207. The largest absolute Gasteiger partial charge is 0.345 e. The van der Waals surface area contributed by atoms with E-state index in [9.17, 15) is 4.79 Å². The summed E-state index contributed by atoms with van der Waals surface area (Å²) in [6, 6.07) is 26.4. The maximum atomic E-state index is 13.7. The lowest BCUT2D eigenvalue weighted by Gasteiger charge is -2.34. The molecule has 1 aliphatic rings. The molecule has 6 rings (SSSR count). The molecule has 1 fully saturated rings. The van der Waals surface area contributed by atoms with Gasteiger partial charge in [0.2, 0.25) is 0 Å². The number of piperazine rings is 1. The third-order valence-electron chi connectivity index (χ3n) is 6.70. The van der Waals surface area contributed by atoms with Crippen molar-refractivity contribution in [3.05, 3.63) is 90.0 Å². The van der Waals surface area contributed by atoms with Crippen LogP contribution < -0.4 is 4.90 Å². The van der Waals surface area contributed by atoms with Gasteiger partial charge in [0.25, 0.3) is 5.91 Å². The molecule has 3 heterocycles. The summed E-state index contributed by atoms with van der Waals surface area (Å²) in [4.78, 5) is 27.7. The number of para-hydroxylation sites is 1. The number of carbonyl (C=O) groups excluding carboxylic acids is 1. The van der Waals surface area contributed by atoms with Gasteiger partial charge < -0.3 is 9.80 Å². The second-order valence-corrected chi connectivity index (χ2v) is 9.88. The molecular formula is C29H26N4OS. The molecule has 0 radical (unpaired) electrons. The summed E-state index contributed by atoms with van der Waals surface area (Å²) in [5, 5.41) is 1.94. The molecule has 1 aliphatic heterocycles. The van der Waals surface area contributed by atoms with Gasteiger partial charge >= 0.3 is 0 Å². The van der Waals surface area contributed by atoms with Gasteiger partial charge in [0.1, 0.15) is 0 Å². The summed E-state index contributed by atoms with van der Waals surface area (Å²) in [6.07, 6.45) is 1.03. The number of thiazole rings is 1. The maximum absolute atomic E-state index is 13.7. The number of carbonyl (C=O) groups is 1. The molecule has 1 saturated heterocycles. The van der Waals surface area contributed by atoms with Crippen molar-refractivity contribution in [2.24, 2.45) is 0 Å². The zero-order chi connectivity index (χ0) is 23.8. The Morgan fingerprint density at radius 3 is 2.43 bits per heavy atom. The molecule has 35 heavy (non-hydrogen) atoms. The van der Waals surface area contributed by atoms with Crippen LogP contribution in [0.2, 0.25) is 0 Å². The van der Waals surface area contributed by atoms with E-state index in [1.54, 1.807) is 11.3 Å². The first-order valence-corrected chi connectivity index (χ1v) is 12.9. The summed E-state index contributed by atoms with van der Waals surface area (Å²) in [5.41, 5.74) is 5.79. The molecule has 0 saturated carbocycles. The highest BCUT2D eigenvalue weighted by molar-refractivity contribution is 7.22. The number of pyridine rings is 1. The van der Waals surface area contributed by atoms with Crippen LogP contribution >= 0.6 is 11.3 Å². The molecule has 0 bridgehead atoms. The molecule has 0 unspecified atom stereocenters. The van der Waals surface area contributed by atoms with Crippen LogP contribution in [0.25, 0.3) is 32.4 Å². The van der Waals surface area contributed by atoms with E-state index >= 15 is 0 Å². The minimum Gasteiger partial charge on any atom is -0.345 e. The SMILES string of the molecule is CCc1ccc2nc(N3CCN(C(=O)c4cc(-c5ccccc5)nc5ccccc45)CC3)sc2c1. The Balaban J connectivity index is 1.25. The van der Waals surface area contributed by atoms with Crippen LogP contribution in [0.1, 0.15) is 22.8 Å². The Bertz CT molecular complexity index is 1520. The molecule has 0 N–H and O–H groups in total. The number of aryl methyl sites for hydroxylation is 1. The van der Waals surface area contributed by atoms with Crippen molar-refractivity contribution < 1.29 is 4.79 Å². The van der Waals surface area contributed by atoms with Crippen molar-refractivity contribution in [1.82, 2.24) is 14.9 Å². The fourth-order valence-corrected chi connectivity index (χ4v) is 5.77. The van der Waals surface area contributed by atoms with Crippen molar-refractivity contribution in [3.63, 3.8) is 0 Å². The van der Waals surface area contributed by atoms with Crippen LogP contribution in [-0.2, 0) is 6.42 Å². The molecule has 0 aliphatic carbocycles. The summed E-state index contributed by atoms with van der Waals surface area (Å²) in [6.45, 7) is 5.08. The predicted octanol–water partition coefficient (Wildman–Crippen LogP) is 6.04. The first-order valence-electron chi connectivity index (χ1n) is 12.1. The first kappa shape index (κ1) is 21.7. The highest BCUT2D eigenvalue weighted by Crippen LogP contribution is 2.31. The number of amides is 1. The summed E-state index contributed by atoms with van der Waals surface area (Å²) in [7, 11) is 0. The van der Waals surface area contributed by atoms with Crippen LogP contribution in [0, 0.1) is 0 Å². The van der Waals surface area contributed by atoms with E-state index in [4.69, 9.17) is 9.97 Å². The van der Waals surface area contributed by atoms with Gasteiger partial charge in [-0.3, -0.25) is 4.79 Å². The minimum absolute atomic E-state index is 0.0670. The van der Waals surface area contributed by atoms with Crippen molar-refractivity contribution >= 4 is 43.5 Å². The van der Waals surface area contributed by atoms with Crippen molar-refractivity contribution in [2.75, 3.05) is 31.1 Å². The van der Waals surface area contributed by atoms with Crippen LogP contribution in [0.4, 0.5) is 5.13 Å². The summed E-state index contributed by atoms with van der Waals surface area (Å²) in [5.74, 6) is 0.0670. The predicted molar refractivity (Wildman–Crippen MR) is 144 cm³/mol. The number of hydrogen-bond donors (Lipinski definition) is 0. The monoisotopic (exact) mass is 478 g/mol. The first-order chi connectivity index (χ1) is 17.2. The maximum Gasteiger partial charge on any atom is 0.254 e. The molecule has 5 nitrogen and oxygen atoms in total. The van der Waals surface area contributed by atoms with Gasteiger partial charge in [-0.25, -0.2) is 9.97 Å². The van der Waals surface area contributed by atoms with E-state index in [0.29, 0.717) is 13.1 Å². The lowest BCUT2D eigenvalue weighted by molar-refractivity contribution is 0.0748. The molecule has 0 spiro atoms. The molecule has 1 amide bonds. The third kappa shape index (κ3) is 4.15. The zero-order valence-corrected chi connectivity index (χ0v) is 20.5. The molecule has 3 aromatic carbocycles. The number of hydrogen-bond acceptors (Lipinski definition) is 5. The Morgan fingerprint density at radius 2 is 1.63 bits per heavy atom. The summed E-state index contributed by atoms with van der Waals surface area (Å²) >= 11 is 1.74. The number of aromatic nitrogens is 2. The van der Waals surface area contributed by atoms with Crippen molar-refractivity contribution in [1.29, 1.82) is 0 Å². The highest BCUT2D eigenvalue weighted by Gasteiger charge is 2.25. The van der Waals surface area contributed by atoms with Crippen LogP contribution in [-0.4, -0.2) is 47.0 Å². The van der Waals surface area contributed by atoms with Gasteiger partial charge in [0.15, 0.2) is 5.13 Å². The van der Waals surface area contributed by atoms with E-state index in [1.807, 2.05) is 65.6 Å². The van der Waals surface area contributed by atoms with E-state index < -0.39 is 0 Å². The van der Waals surface area contributed by atoms with Gasteiger partial charge in [0.05, 0.1) is 27.0 Å². The normalized spacial score (nSPS) is 14.1. The molecular weight excluding hydrogens is 452 g/mol. The van der Waals surface area contributed by atoms with Gasteiger partial charge in [-0.2, -0.15) is 0 Å². The Labute approximate surface area is 208 Å². The number of nitrogens with zero attached hydrogens (tertiary/aromatic N) is 4. The van der Waals surface area contributed by atoms with Gasteiger partial charge in [-0.05, 0) is 36.2 Å². The lowest BCUT2D eigenvalue weighted by Crippen LogP contribution is -2.48. The molecule has 2 aromatic heterocycles. The number of fused-ring (bicyclic) bond motifs is 2. The smallest absolute Gasteiger partial charge is 0.254 e. The second-order valence-electron chi connectivity index (χ2n) is 8.87. The Hall–Kier alpha value is -3.77. The van der Waals surface area contributed by atoms with Crippen molar-refractivity contribution in [2.45, 2.75) is 13.3 Å². The Kier molecular flexibility index (Phi) is 5.66. The molecule has 0 atom stereocenters. The van der Waals surface area contributed by atoms with Gasteiger partial charge in [-0.15, -0.1) is 0 Å². The quantitative estimate of drug-likeness (QED) is 0.316.